The summed E-state index contributed by atoms with van der Waals surface area (Å²) < 4.78 is 5.43. The molecule has 7 heteroatoms. The third-order valence-corrected chi connectivity index (χ3v) is 5.84. The number of fused-ring (bicyclic) bond motifs is 1. The smallest absolute Gasteiger partial charge is 0.234 e. The fraction of sp³-hybridized carbons (Fsp3) is 0.333. The quantitative estimate of drug-likeness (QED) is 0.491. The van der Waals surface area contributed by atoms with Gasteiger partial charge in [0.05, 0.1) is 23.1 Å². The average Bonchev–Trinajstić information content (AvgIpc) is 3.22. The maximum atomic E-state index is 12.7. The van der Waals surface area contributed by atoms with Gasteiger partial charge in [-0.2, -0.15) is 5.26 Å². The minimum Gasteiger partial charge on any atom is -0.461 e. The molecule has 0 unspecified atom stereocenters. The summed E-state index contributed by atoms with van der Waals surface area (Å²) in [5.74, 6) is 0.832. The van der Waals surface area contributed by atoms with Crippen LogP contribution < -0.4 is 5.32 Å². The van der Waals surface area contributed by atoms with E-state index in [1.165, 1.54) is 11.8 Å². The Morgan fingerprint density at radius 1 is 1.21 bits per heavy atom. The molecular formula is C21H22N4O2S. The molecule has 0 fully saturated rings. The first-order valence-corrected chi connectivity index (χ1v) is 9.92. The number of aromatic nitrogens is 2. The highest BCUT2D eigenvalue weighted by Gasteiger charge is 2.32. The second-order valence-corrected chi connectivity index (χ2v) is 8.39. The molecule has 144 valence electrons. The number of nitrogens with zero attached hydrogens (tertiary/aromatic N) is 3. The van der Waals surface area contributed by atoms with Crippen molar-refractivity contribution in [3.8, 4) is 17.7 Å². The van der Waals surface area contributed by atoms with Crippen LogP contribution in [0.5, 0.6) is 0 Å². The molecule has 2 atom stereocenters. The lowest BCUT2D eigenvalue weighted by Crippen LogP contribution is -2.51. The number of rotatable bonds is 6. The SMILES string of the molecule is CC(C)[C@](C)(C#N)NC(=O)[C@H](C)Sc1nc(-c2ccco2)nc2ccccc12. The molecule has 0 radical (unpaired) electrons. The van der Waals surface area contributed by atoms with E-state index < -0.39 is 10.8 Å². The lowest BCUT2D eigenvalue weighted by molar-refractivity contribution is -0.121. The third kappa shape index (κ3) is 4.02. The topological polar surface area (TPSA) is 91.8 Å². The number of thioether (sulfide) groups is 1. The van der Waals surface area contributed by atoms with Gasteiger partial charge < -0.3 is 9.73 Å². The van der Waals surface area contributed by atoms with Crippen molar-refractivity contribution in [3.63, 3.8) is 0 Å². The van der Waals surface area contributed by atoms with Gasteiger partial charge >= 0.3 is 0 Å². The van der Waals surface area contributed by atoms with E-state index in [0.717, 1.165) is 10.9 Å². The molecule has 0 saturated carbocycles. The van der Waals surface area contributed by atoms with E-state index in [0.29, 0.717) is 16.6 Å². The van der Waals surface area contributed by atoms with Gasteiger partial charge in [0, 0.05) is 5.39 Å². The lowest BCUT2D eigenvalue weighted by Gasteiger charge is -2.28. The summed E-state index contributed by atoms with van der Waals surface area (Å²) in [6.07, 6.45) is 1.57. The summed E-state index contributed by atoms with van der Waals surface area (Å²) in [6, 6.07) is 13.5. The van der Waals surface area contributed by atoms with Gasteiger partial charge in [0.25, 0.3) is 0 Å². The molecule has 28 heavy (non-hydrogen) atoms. The van der Waals surface area contributed by atoms with Crippen molar-refractivity contribution >= 4 is 28.6 Å². The number of nitrogens with one attached hydrogen (secondary N) is 1. The van der Waals surface area contributed by atoms with Crippen LogP contribution in [0.25, 0.3) is 22.5 Å². The van der Waals surface area contributed by atoms with E-state index in [1.807, 2.05) is 45.0 Å². The van der Waals surface area contributed by atoms with Gasteiger partial charge in [-0.1, -0.05) is 43.8 Å². The number of furan rings is 1. The Morgan fingerprint density at radius 2 is 1.96 bits per heavy atom. The fourth-order valence-electron chi connectivity index (χ4n) is 2.53. The molecular weight excluding hydrogens is 372 g/mol. The molecule has 1 amide bonds. The molecule has 1 N–H and O–H groups in total. The molecule has 0 aliphatic rings. The Labute approximate surface area is 168 Å². The number of nitriles is 1. The highest BCUT2D eigenvalue weighted by atomic mass is 32.2. The van der Waals surface area contributed by atoms with E-state index in [4.69, 9.17) is 4.42 Å². The van der Waals surface area contributed by atoms with E-state index >= 15 is 0 Å². The Bertz CT molecular complexity index is 1030. The van der Waals surface area contributed by atoms with Crippen LogP contribution in [0.2, 0.25) is 0 Å². The van der Waals surface area contributed by atoms with Gasteiger partial charge in [-0.3, -0.25) is 4.79 Å². The minimum absolute atomic E-state index is 0.0101. The highest BCUT2D eigenvalue weighted by Crippen LogP contribution is 2.31. The van der Waals surface area contributed by atoms with Gasteiger partial charge in [-0.15, -0.1) is 0 Å². The number of carbonyl (C=O) groups excluding carboxylic acids is 1. The van der Waals surface area contributed by atoms with E-state index in [1.54, 1.807) is 25.3 Å². The first-order valence-electron chi connectivity index (χ1n) is 9.04. The number of hydrogen-bond donors (Lipinski definition) is 1. The largest absolute Gasteiger partial charge is 0.461 e. The summed E-state index contributed by atoms with van der Waals surface area (Å²) in [6.45, 7) is 7.37. The van der Waals surface area contributed by atoms with E-state index in [2.05, 4.69) is 21.4 Å². The normalized spacial score (nSPS) is 14.4. The molecule has 3 rings (SSSR count). The zero-order valence-corrected chi connectivity index (χ0v) is 17.1. The van der Waals surface area contributed by atoms with Gasteiger partial charge in [0.1, 0.15) is 10.6 Å². The second-order valence-electron chi connectivity index (χ2n) is 7.07. The number of hydrogen-bond acceptors (Lipinski definition) is 6. The van der Waals surface area contributed by atoms with Crippen LogP contribution in [0, 0.1) is 17.2 Å². The summed E-state index contributed by atoms with van der Waals surface area (Å²) in [5.41, 5.74) is -0.137. The van der Waals surface area contributed by atoms with E-state index in [-0.39, 0.29) is 11.8 Å². The molecule has 0 bridgehead atoms. The minimum atomic E-state index is -0.918. The summed E-state index contributed by atoms with van der Waals surface area (Å²) in [5, 5.41) is 13.5. The summed E-state index contributed by atoms with van der Waals surface area (Å²) >= 11 is 1.34. The Morgan fingerprint density at radius 3 is 2.61 bits per heavy atom. The molecule has 1 aromatic carbocycles. The van der Waals surface area contributed by atoms with Crippen LogP contribution in [0.1, 0.15) is 27.7 Å². The Hall–Kier alpha value is -2.85. The van der Waals surface area contributed by atoms with Gasteiger partial charge in [0.15, 0.2) is 11.6 Å². The van der Waals surface area contributed by atoms with Crippen molar-refractivity contribution in [1.82, 2.24) is 15.3 Å². The maximum Gasteiger partial charge on any atom is 0.234 e. The molecule has 6 nitrogen and oxygen atoms in total. The van der Waals surface area contributed by atoms with Crippen LogP contribution in [0.3, 0.4) is 0 Å². The first-order chi connectivity index (χ1) is 13.3. The third-order valence-electron chi connectivity index (χ3n) is 4.74. The van der Waals surface area contributed by atoms with Crippen molar-refractivity contribution in [2.75, 3.05) is 0 Å². The van der Waals surface area contributed by atoms with Gasteiger partial charge in [-0.05, 0) is 38.0 Å². The van der Waals surface area contributed by atoms with E-state index in [9.17, 15) is 10.1 Å². The van der Waals surface area contributed by atoms with Crippen LogP contribution in [-0.4, -0.2) is 26.7 Å². The zero-order chi connectivity index (χ0) is 20.3. The van der Waals surface area contributed by atoms with Gasteiger partial charge in [0.2, 0.25) is 5.91 Å². The lowest BCUT2D eigenvalue weighted by atomic mass is 9.90. The number of benzene rings is 1. The molecule has 0 spiro atoms. The van der Waals surface area contributed by atoms with Crippen molar-refractivity contribution in [1.29, 1.82) is 5.26 Å². The van der Waals surface area contributed by atoms with Crippen molar-refractivity contribution in [3.05, 3.63) is 42.7 Å². The second kappa shape index (κ2) is 8.03. The molecule has 3 aromatic rings. The maximum absolute atomic E-state index is 12.7. The zero-order valence-electron chi connectivity index (χ0n) is 16.3. The predicted octanol–water partition coefficient (Wildman–Crippen LogP) is 4.42. The summed E-state index contributed by atoms with van der Waals surface area (Å²) in [4.78, 5) is 21.9. The van der Waals surface area contributed by atoms with Gasteiger partial charge in [-0.25, -0.2) is 9.97 Å². The first kappa shape index (κ1) is 19.9. The Kier molecular flexibility index (Phi) is 5.71. The van der Waals surface area contributed by atoms with Crippen molar-refractivity contribution in [2.24, 2.45) is 5.92 Å². The number of para-hydroxylation sites is 1. The van der Waals surface area contributed by atoms with Crippen LogP contribution in [-0.2, 0) is 4.79 Å². The number of amides is 1. The highest BCUT2D eigenvalue weighted by molar-refractivity contribution is 8.00. The molecule has 0 aliphatic carbocycles. The summed E-state index contributed by atoms with van der Waals surface area (Å²) in [7, 11) is 0. The average molecular weight is 395 g/mol. The Balaban J connectivity index is 1.91. The van der Waals surface area contributed by atoms with Crippen molar-refractivity contribution < 1.29 is 9.21 Å². The fourth-order valence-corrected chi connectivity index (χ4v) is 3.47. The molecule has 2 aromatic heterocycles. The standard InChI is InChI=1S/C21H22N4O2S/c1-13(2)21(4,12-22)25-19(26)14(3)28-20-15-8-5-6-9-16(15)23-18(24-20)17-10-7-11-27-17/h5-11,13-14H,1-4H3,(H,25,26)/t14-,21-/m0/s1. The number of carbonyl (C=O) groups is 1. The van der Waals surface area contributed by atoms with Crippen LogP contribution in [0.15, 0.2) is 52.1 Å². The molecule has 2 heterocycles. The van der Waals surface area contributed by atoms with Crippen LogP contribution in [0.4, 0.5) is 0 Å². The molecule has 0 saturated heterocycles. The monoisotopic (exact) mass is 394 g/mol. The predicted molar refractivity (Wildman–Crippen MR) is 110 cm³/mol. The van der Waals surface area contributed by atoms with Crippen molar-refractivity contribution in [2.45, 2.75) is 43.5 Å². The van der Waals surface area contributed by atoms with Crippen LogP contribution >= 0.6 is 11.8 Å². The molecule has 0 aliphatic heterocycles.